The Hall–Kier alpha value is -2.11. The second-order valence-electron chi connectivity index (χ2n) is 4.43. The van der Waals surface area contributed by atoms with Crippen LogP contribution in [0.15, 0.2) is 17.1 Å². The highest BCUT2D eigenvalue weighted by Gasteiger charge is 2.24. The van der Waals surface area contributed by atoms with Crippen LogP contribution in [0.5, 0.6) is 0 Å². The normalized spacial score (nSPS) is 12.2. The van der Waals surface area contributed by atoms with Gasteiger partial charge in [-0.1, -0.05) is 13.8 Å². The van der Waals surface area contributed by atoms with Crippen molar-refractivity contribution in [2.24, 2.45) is 5.92 Å². The number of aromatic amines is 1. The van der Waals surface area contributed by atoms with E-state index < -0.39 is 17.9 Å². The van der Waals surface area contributed by atoms with Crippen molar-refractivity contribution in [3.8, 4) is 0 Å². The number of hydrogen-bond donors (Lipinski definition) is 3. The van der Waals surface area contributed by atoms with Gasteiger partial charge >= 0.3 is 5.97 Å². The van der Waals surface area contributed by atoms with Gasteiger partial charge in [0.05, 0.1) is 5.56 Å². The molecule has 0 aliphatic carbocycles. The summed E-state index contributed by atoms with van der Waals surface area (Å²) >= 11 is 0. The number of nitrogens with one attached hydrogen (secondary N) is 2. The summed E-state index contributed by atoms with van der Waals surface area (Å²) in [7, 11) is 0. The quantitative estimate of drug-likeness (QED) is 0.727. The number of carboxylic acids is 1. The molecular weight excluding hydrogens is 236 g/mol. The van der Waals surface area contributed by atoms with Crippen LogP contribution >= 0.6 is 0 Å². The predicted octanol–water partition coefficient (Wildman–Crippen LogP) is 0.522. The first kappa shape index (κ1) is 14.0. The van der Waals surface area contributed by atoms with Gasteiger partial charge in [-0.2, -0.15) is 0 Å². The van der Waals surface area contributed by atoms with Gasteiger partial charge in [0, 0.05) is 12.3 Å². The number of carbonyl (C=O) groups is 2. The molecule has 0 bridgehead atoms. The van der Waals surface area contributed by atoms with Crippen molar-refractivity contribution >= 4 is 11.9 Å². The van der Waals surface area contributed by atoms with Crippen molar-refractivity contribution in [1.29, 1.82) is 0 Å². The van der Waals surface area contributed by atoms with E-state index in [0.29, 0.717) is 5.56 Å². The van der Waals surface area contributed by atoms with E-state index in [9.17, 15) is 14.4 Å². The van der Waals surface area contributed by atoms with Crippen molar-refractivity contribution < 1.29 is 14.7 Å². The van der Waals surface area contributed by atoms with Crippen LogP contribution in [0.1, 0.15) is 29.8 Å². The van der Waals surface area contributed by atoms with Crippen LogP contribution in [0.25, 0.3) is 0 Å². The first-order valence-corrected chi connectivity index (χ1v) is 5.56. The molecule has 0 saturated carbocycles. The van der Waals surface area contributed by atoms with Crippen LogP contribution in [0.3, 0.4) is 0 Å². The monoisotopic (exact) mass is 252 g/mol. The largest absolute Gasteiger partial charge is 0.480 e. The zero-order valence-corrected chi connectivity index (χ0v) is 10.5. The maximum Gasteiger partial charge on any atom is 0.326 e. The molecule has 0 radical (unpaired) electrons. The Kier molecular flexibility index (Phi) is 4.25. The van der Waals surface area contributed by atoms with Crippen LogP contribution in [0.2, 0.25) is 0 Å². The number of aliphatic carboxylic acids is 1. The summed E-state index contributed by atoms with van der Waals surface area (Å²) in [6.45, 7) is 5.03. The Balaban J connectivity index is 2.94. The minimum atomic E-state index is -1.08. The highest BCUT2D eigenvalue weighted by atomic mass is 16.4. The molecule has 18 heavy (non-hydrogen) atoms. The molecule has 1 aromatic rings. The number of aromatic nitrogens is 1. The fraction of sp³-hybridized carbons (Fsp3) is 0.417. The lowest BCUT2D eigenvalue weighted by atomic mass is 10.0. The third-order valence-corrected chi connectivity index (χ3v) is 2.60. The molecule has 0 spiro atoms. The zero-order valence-electron chi connectivity index (χ0n) is 10.5. The standard InChI is InChI=1S/C12H16N2O4/c1-6(2)10(12(17)18)14-11(16)8-5-13-9(15)4-7(8)3/h4-6,10H,1-3H3,(H,13,15)(H,14,16)(H,17,18)/t10-/m0/s1. The average molecular weight is 252 g/mol. The van der Waals surface area contributed by atoms with Gasteiger partial charge in [0.1, 0.15) is 6.04 Å². The summed E-state index contributed by atoms with van der Waals surface area (Å²) < 4.78 is 0. The second-order valence-corrected chi connectivity index (χ2v) is 4.43. The van der Waals surface area contributed by atoms with Gasteiger partial charge in [-0.05, 0) is 18.4 Å². The van der Waals surface area contributed by atoms with Crippen LogP contribution in [-0.4, -0.2) is 28.0 Å². The van der Waals surface area contributed by atoms with Crippen molar-refractivity contribution in [1.82, 2.24) is 10.3 Å². The molecule has 3 N–H and O–H groups in total. The molecule has 0 saturated heterocycles. The number of H-pyrrole nitrogens is 1. The maximum absolute atomic E-state index is 11.9. The van der Waals surface area contributed by atoms with Crippen LogP contribution in [0.4, 0.5) is 0 Å². The SMILES string of the molecule is Cc1cc(=O)[nH]cc1C(=O)N[C@H](C(=O)O)C(C)C. The molecule has 1 atom stereocenters. The molecule has 0 fully saturated rings. The molecule has 0 aliphatic rings. The minimum Gasteiger partial charge on any atom is -0.480 e. The zero-order chi connectivity index (χ0) is 13.9. The lowest BCUT2D eigenvalue weighted by Gasteiger charge is -2.18. The van der Waals surface area contributed by atoms with Gasteiger partial charge in [-0.25, -0.2) is 4.79 Å². The maximum atomic E-state index is 11.9. The molecule has 1 amide bonds. The summed E-state index contributed by atoms with van der Waals surface area (Å²) in [4.78, 5) is 36.3. The number of hydrogen-bond acceptors (Lipinski definition) is 3. The van der Waals surface area contributed by atoms with E-state index in [4.69, 9.17) is 5.11 Å². The lowest BCUT2D eigenvalue weighted by Crippen LogP contribution is -2.44. The van der Waals surface area contributed by atoms with E-state index in [1.165, 1.54) is 12.3 Å². The summed E-state index contributed by atoms with van der Waals surface area (Å²) in [5.41, 5.74) is 0.466. The van der Waals surface area contributed by atoms with Crippen molar-refractivity contribution in [3.63, 3.8) is 0 Å². The van der Waals surface area contributed by atoms with Gasteiger partial charge in [0.2, 0.25) is 5.56 Å². The lowest BCUT2D eigenvalue weighted by molar-refractivity contribution is -0.140. The van der Waals surface area contributed by atoms with E-state index in [1.54, 1.807) is 20.8 Å². The van der Waals surface area contributed by atoms with Gasteiger partial charge in [-0.3, -0.25) is 9.59 Å². The van der Waals surface area contributed by atoms with E-state index in [1.807, 2.05) is 0 Å². The van der Waals surface area contributed by atoms with Crippen LogP contribution in [0, 0.1) is 12.8 Å². The molecule has 6 nitrogen and oxygen atoms in total. The molecule has 98 valence electrons. The van der Waals surface area contributed by atoms with E-state index in [-0.39, 0.29) is 17.0 Å². The molecule has 1 heterocycles. The van der Waals surface area contributed by atoms with E-state index >= 15 is 0 Å². The minimum absolute atomic E-state index is 0.227. The van der Waals surface area contributed by atoms with Crippen molar-refractivity contribution in [2.45, 2.75) is 26.8 Å². The van der Waals surface area contributed by atoms with Gasteiger partial charge < -0.3 is 15.4 Å². The molecule has 6 heteroatoms. The highest BCUT2D eigenvalue weighted by Crippen LogP contribution is 2.06. The molecule has 0 aliphatic heterocycles. The Morgan fingerprint density at radius 3 is 2.44 bits per heavy atom. The Bertz CT molecular complexity index is 519. The number of carboxylic acid groups (broad SMARTS) is 1. The van der Waals surface area contributed by atoms with Crippen LogP contribution in [-0.2, 0) is 4.79 Å². The van der Waals surface area contributed by atoms with E-state index in [0.717, 1.165) is 0 Å². The Morgan fingerprint density at radius 1 is 1.39 bits per heavy atom. The third kappa shape index (κ3) is 3.19. The topological polar surface area (TPSA) is 99.3 Å². The summed E-state index contributed by atoms with van der Waals surface area (Å²) in [6, 6.07) is 0.337. The molecular formula is C12H16N2O4. The predicted molar refractivity (Wildman–Crippen MR) is 65.5 cm³/mol. The van der Waals surface area contributed by atoms with Gasteiger partial charge in [0.25, 0.3) is 5.91 Å². The van der Waals surface area contributed by atoms with Crippen molar-refractivity contribution in [3.05, 3.63) is 33.7 Å². The van der Waals surface area contributed by atoms with Crippen molar-refractivity contribution in [2.75, 3.05) is 0 Å². The Labute approximate surface area is 104 Å². The first-order chi connectivity index (χ1) is 8.32. The van der Waals surface area contributed by atoms with Gasteiger partial charge in [0.15, 0.2) is 0 Å². The second kappa shape index (κ2) is 5.48. The third-order valence-electron chi connectivity index (χ3n) is 2.60. The fourth-order valence-corrected chi connectivity index (χ4v) is 1.55. The molecule has 0 unspecified atom stereocenters. The number of rotatable bonds is 4. The molecule has 0 aromatic carbocycles. The number of pyridine rings is 1. The van der Waals surface area contributed by atoms with Gasteiger partial charge in [-0.15, -0.1) is 0 Å². The summed E-state index contributed by atoms with van der Waals surface area (Å²) in [5.74, 6) is -1.82. The smallest absolute Gasteiger partial charge is 0.326 e. The Morgan fingerprint density at radius 2 is 2.00 bits per heavy atom. The molecule has 1 rings (SSSR count). The fourth-order valence-electron chi connectivity index (χ4n) is 1.55. The molecule has 1 aromatic heterocycles. The van der Waals surface area contributed by atoms with Crippen LogP contribution < -0.4 is 10.9 Å². The summed E-state index contributed by atoms with van der Waals surface area (Å²) in [6.07, 6.45) is 1.28. The first-order valence-electron chi connectivity index (χ1n) is 5.56. The average Bonchev–Trinajstić information content (AvgIpc) is 2.24. The number of carbonyl (C=O) groups excluding carboxylic acids is 1. The number of aryl methyl sites for hydroxylation is 1. The van der Waals surface area contributed by atoms with E-state index in [2.05, 4.69) is 10.3 Å². The summed E-state index contributed by atoms with van der Waals surface area (Å²) in [5, 5.41) is 11.4. The highest BCUT2D eigenvalue weighted by molar-refractivity contribution is 5.97. The number of amides is 1.